The molecule has 0 radical (unpaired) electrons. The van der Waals surface area contributed by atoms with Crippen molar-refractivity contribution in [2.45, 2.75) is 26.2 Å². The summed E-state index contributed by atoms with van der Waals surface area (Å²) < 4.78 is 0. The number of hydrogen-bond donors (Lipinski definition) is 1. The van der Waals surface area contributed by atoms with Gasteiger partial charge in [0.1, 0.15) is 0 Å². The highest BCUT2D eigenvalue weighted by Crippen LogP contribution is 2.23. The van der Waals surface area contributed by atoms with Crippen LogP contribution in [0, 0.1) is 0 Å². The largest absolute Gasteiger partial charge is 0.391 e. The summed E-state index contributed by atoms with van der Waals surface area (Å²) in [5.74, 6) is 0. The second-order valence-corrected chi connectivity index (χ2v) is 2.21. The van der Waals surface area contributed by atoms with Crippen molar-refractivity contribution in [3.63, 3.8) is 0 Å². The van der Waals surface area contributed by atoms with Crippen LogP contribution in [0.4, 0.5) is 0 Å². The first-order valence-electron chi connectivity index (χ1n) is 3.35. The molecule has 1 saturated carbocycles. The van der Waals surface area contributed by atoms with E-state index < -0.39 is 0 Å². The fourth-order valence-electron chi connectivity index (χ4n) is 0.772. The normalized spacial score (nSPS) is 17.4. The molecule has 0 saturated heterocycles. The monoisotopic (exact) mass is 111 g/mol. The van der Waals surface area contributed by atoms with Gasteiger partial charge in [0.2, 0.25) is 0 Å². The van der Waals surface area contributed by atoms with Crippen molar-refractivity contribution in [2.75, 3.05) is 6.54 Å². The fourth-order valence-corrected chi connectivity index (χ4v) is 0.772. The first-order valence-corrected chi connectivity index (χ1v) is 3.35. The van der Waals surface area contributed by atoms with Crippen LogP contribution in [0.1, 0.15) is 26.2 Å². The fraction of sp³-hybridized carbons (Fsp3) is 0.714. The number of nitrogens with one attached hydrogen (secondary N) is 1. The lowest BCUT2D eigenvalue weighted by molar-refractivity contribution is 0.649. The zero-order valence-corrected chi connectivity index (χ0v) is 5.41. The minimum atomic E-state index is 1.06. The minimum absolute atomic E-state index is 1.06. The molecule has 0 bridgehead atoms. The molecule has 1 nitrogen and oxygen atoms in total. The van der Waals surface area contributed by atoms with Crippen LogP contribution < -0.4 is 5.32 Å². The average Bonchev–Trinajstić information content (AvgIpc) is 1.63. The zero-order valence-electron chi connectivity index (χ0n) is 5.41. The van der Waals surface area contributed by atoms with Gasteiger partial charge >= 0.3 is 0 Å². The van der Waals surface area contributed by atoms with E-state index in [-0.39, 0.29) is 0 Å². The summed E-state index contributed by atoms with van der Waals surface area (Å²) in [6.07, 6.45) is 6.21. The Bertz CT molecular complexity index is 88.6. The zero-order chi connectivity index (χ0) is 5.82. The summed E-state index contributed by atoms with van der Waals surface area (Å²) in [5, 5.41) is 3.19. The predicted molar refractivity (Wildman–Crippen MR) is 35.6 cm³/mol. The third-order valence-electron chi connectivity index (χ3n) is 1.51. The van der Waals surface area contributed by atoms with E-state index in [2.05, 4.69) is 18.4 Å². The van der Waals surface area contributed by atoms with E-state index >= 15 is 0 Å². The Kier molecular flexibility index (Phi) is 1.95. The van der Waals surface area contributed by atoms with Crippen LogP contribution in [0.25, 0.3) is 0 Å². The van der Waals surface area contributed by atoms with E-state index in [1.165, 1.54) is 19.3 Å². The van der Waals surface area contributed by atoms with Crippen LogP contribution in [0.5, 0.6) is 0 Å². The molecule has 0 spiro atoms. The van der Waals surface area contributed by atoms with Crippen LogP contribution >= 0.6 is 0 Å². The first-order chi connectivity index (χ1) is 3.93. The molecule has 0 amide bonds. The molecular weight excluding hydrogens is 98.1 g/mol. The highest BCUT2D eigenvalue weighted by atomic mass is 14.8. The van der Waals surface area contributed by atoms with Crippen molar-refractivity contribution in [2.24, 2.45) is 0 Å². The lowest BCUT2D eigenvalue weighted by Gasteiger charge is -2.15. The van der Waals surface area contributed by atoms with Gasteiger partial charge in [-0.2, -0.15) is 0 Å². The summed E-state index contributed by atoms with van der Waals surface area (Å²) in [5.41, 5.74) is 1.59. The molecule has 1 rings (SSSR count). The Morgan fingerprint density at radius 2 is 2.38 bits per heavy atom. The van der Waals surface area contributed by atoms with Gasteiger partial charge in [-0.05, 0) is 32.4 Å². The average molecular weight is 111 g/mol. The van der Waals surface area contributed by atoms with E-state index in [4.69, 9.17) is 0 Å². The van der Waals surface area contributed by atoms with Crippen molar-refractivity contribution in [1.29, 1.82) is 0 Å². The van der Waals surface area contributed by atoms with Gasteiger partial charge in [0.25, 0.3) is 0 Å². The van der Waals surface area contributed by atoms with Crippen LogP contribution in [0.15, 0.2) is 11.8 Å². The van der Waals surface area contributed by atoms with Gasteiger partial charge < -0.3 is 5.32 Å². The first kappa shape index (κ1) is 5.67. The smallest absolute Gasteiger partial charge is 0.0113 e. The van der Waals surface area contributed by atoms with E-state index in [1.807, 2.05) is 0 Å². The van der Waals surface area contributed by atoms with Crippen molar-refractivity contribution in [3.05, 3.63) is 11.8 Å². The molecule has 1 aliphatic rings. The Hall–Kier alpha value is -0.460. The molecule has 0 heterocycles. The SMILES string of the molecule is CCNC=C1CCC1. The Morgan fingerprint density at radius 3 is 2.75 bits per heavy atom. The summed E-state index contributed by atoms with van der Waals surface area (Å²) in [7, 11) is 0. The quantitative estimate of drug-likeness (QED) is 0.571. The highest BCUT2D eigenvalue weighted by molar-refractivity contribution is 5.07. The van der Waals surface area contributed by atoms with Crippen molar-refractivity contribution in [1.82, 2.24) is 5.32 Å². The van der Waals surface area contributed by atoms with Crippen molar-refractivity contribution in [3.8, 4) is 0 Å². The van der Waals surface area contributed by atoms with Gasteiger partial charge in [0.15, 0.2) is 0 Å². The van der Waals surface area contributed by atoms with Crippen LogP contribution in [0.3, 0.4) is 0 Å². The molecule has 1 aliphatic carbocycles. The number of rotatable bonds is 2. The van der Waals surface area contributed by atoms with Gasteiger partial charge in [0.05, 0.1) is 0 Å². The second-order valence-electron chi connectivity index (χ2n) is 2.21. The lowest BCUT2D eigenvalue weighted by atomic mass is 9.94. The van der Waals surface area contributed by atoms with E-state index in [9.17, 15) is 0 Å². The molecule has 46 valence electrons. The molecule has 8 heavy (non-hydrogen) atoms. The number of hydrogen-bond acceptors (Lipinski definition) is 1. The highest BCUT2D eigenvalue weighted by Gasteiger charge is 2.05. The second kappa shape index (κ2) is 2.75. The van der Waals surface area contributed by atoms with Crippen molar-refractivity contribution >= 4 is 0 Å². The third kappa shape index (κ3) is 1.25. The Balaban J connectivity index is 2.11. The van der Waals surface area contributed by atoms with Crippen molar-refractivity contribution < 1.29 is 0 Å². The maximum atomic E-state index is 3.19. The molecule has 0 aromatic rings. The maximum absolute atomic E-state index is 3.19. The van der Waals surface area contributed by atoms with Crippen LogP contribution in [-0.4, -0.2) is 6.54 Å². The third-order valence-corrected chi connectivity index (χ3v) is 1.51. The Labute approximate surface area is 50.8 Å². The van der Waals surface area contributed by atoms with Gasteiger partial charge in [-0.15, -0.1) is 0 Å². The maximum Gasteiger partial charge on any atom is 0.0113 e. The van der Waals surface area contributed by atoms with Crippen LogP contribution in [-0.2, 0) is 0 Å². The van der Waals surface area contributed by atoms with E-state index in [0.717, 1.165) is 6.54 Å². The topological polar surface area (TPSA) is 12.0 Å². The molecular formula is C7H13N. The molecule has 1 N–H and O–H groups in total. The van der Waals surface area contributed by atoms with Crippen LogP contribution in [0.2, 0.25) is 0 Å². The van der Waals surface area contributed by atoms with Gasteiger partial charge in [-0.1, -0.05) is 5.57 Å². The lowest BCUT2D eigenvalue weighted by Crippen LogP contribution is -2.07. The standard InChI is InChI=1S/C7H13N/c1-2-8-6-7-4-3-5-7/h6,8H,2-5H2,1H3. The minimum Gasteiger partial charge on any atom is -0.391 e. The van der Waals surface area contributed by atoms with E-state index in [0.29, 0.717) is 0 Å². The Morgan fingerprint density at radius 1 is 1.62 bits per heavy atom. The summed E-state index contributed by atoms with van der Waals surface area (Å²) in [6, 6.07) is 0. The molecule has 0 aromatic heterocycles. The predicted octanol–water partition coefficient (Wildman–Crippen LogP) is 1.66. The van der Waals surface area contributed by atoms with Gasteiger partial charge in [-0.3, -0.25) is 0 Å². The summed E-state index contributed by atoms with van der Waals surface area (Å²) in [6.45, 7) is 3.18. The summed E-state index contributed by atoms with van der Waals surface area (Å²) in [4.78, 5) is 0. The van der Waals surface area contributed by atoms with Gasteiger partial charge in [0, 0.05) is 6.54 Å². The molecule has 1 heteroatoms. The molecule has 0 atom stereocenters. The number of allylic oxidation sites excluding steroid dienone is 1. The molecule has 0 unspecified atom stereocenters. The molecule has 0 aliphatic heterocycles. The van der Waals surface area contributed by atoms with E-state index in [1.54, 1.807) is 5.57 Å². The van der Waals surface area contributed by atoms with Gasteiger partial charge in [-0.25, -0.2) is 0 Å². The molecule has 0 aromatic carbocycles. The molecule has 1 fully saturated rings. The summed E-state index contributed by atoms with van der Waals surface area (Å²) >= 11 is 0.